The molecule has 0 aliphatic rings. The molecule has 0 bridgehead atoms. The van der Waals surface area contributed by atoms with E-state index in [2.05, 4.69) is 4.98 Å². The van der Waals surface area contributed by atoms with E-state index in [1.807, 2.05) is 0 Å². The molecule has 0 spiro atoms. The van der Waals surface area contributed by atoms with Gasteiger partial charge in [0.2, 0.25) is 11.7 Å². The van der Waals surface area contributed by atoms with Gasteiger partial charge >= 0.3 is 5.97 Å². The Bertz CT molecular complexity index is 622. The van der Waals surface area contributed by atoms with Crippen LogP contribution in [0, 0.1) is 6.92 Å². The third kappa shape index (κ3) is 2.91. The number of hydrogen-bond acceptors (Lipinski definition) is 4. The molecular weight excluding hydrogens is 289 g/mol. The van der Waals surface area contributed by atoms with Crippen molar-refractivity contribution in [2.75, 3.05) is 6.61 Å². The zero-order valence-electron chi connectivity index (χ0n) is 10.4. The van der Waals surface area contributed by atoms with Crippen LogP contribution in [-0.4, -0.2) is 17.6 Å². The fourth-order valence-corrected chi connectivity index (χ4v) is 2.05. The number of esters is 1. The van der Waals surface area contributed by atoms with Gasteiger partial charge in [-0.2, -0.15) is 0 Å². The summed E-state index contributed by atoms with van der Waals surface area (Å²) in [6.45, 7) is 3.67. The number of aromatic nitrogens is 1. The Hall–Kier alpha value is -1.52. The van der Waals surface area contributed by atoms with Gasteiger partial charge in [0.15, 0.2) is 0 Å². The SMILES string of the molecule is CCOC(=O)c1oc(-c2ccc(Cl)cc2Cl)nc1C. The summed E-state index contributed by atoms with van der Waals surface area (Å²) in [7, 11) is 0. The van der Waals surface area contributed by atoms with Gasteiger partial charge in [-0.05, 0) is 32.0 Å². The van der Waals surface area contributed by atoms with Crippen LogP contribution >= 0.6 is 23.2 Å². The van der Waals surface area contributed by atoms with E-state index in [1.54, 1.807) is 32.0 Å². The molecule has 1 heterocycles. The van der Waals surface area contributed by atoms with Gasteiger partial charge in [-0.25, -0.2) is 9.78 Å². The lowest BCUT2D eigenvalue weighted by Crippen LogP contribution is -2.04. The Morgan fingerprint density at radius 3 is 2.79 bits per heavy atom. The molecule has 1 aromatic heterocycles. The minimum absolute atomic E-state index is 0.0860. The summed E-state index contributed by atoms with van der Waals surface area (Å²) in [6, 6.07) is 4.94. The molecule has 0 radical (unpaired) electrons. The number of ether oxygens (including phenoxy) is 1. The van der Waals surface area contributed by atoms with E-state index in [-0.39, 0.29) is 18.3 Å². The van der Waals surface area contributed by atoms with Crippen LogP contribution in [0.15, 0.2) is 22.6 Å². The molecule has 0 unspecified atom stereocenters. The highest BCUT2D eigenvalue weighted by atomic mass is 35.5. The van der Waals surface area contributed by atoms with Gasteiger partial charge in [0, 0.05) is 5.02 Å². The molecular formula is C13H11Cl2NO3. The summed E-state index contributed by atoms with van der Waals surface area (Å²) < 4.78 is 10.3. The topological polar surface area (TPSA) is 52.3 Å². The third-order valence-electron chi connectivity index (χ3n) is 2.42. The van der Waals surface area contributed by atoms with Crippen molar-refractivity contribution in [3.8, 4) is 11.5 Å². The van der Waals surface area contributed by atoms with E-state index < -0.39 is 5.97 Å². The van der Waals surface area contributed by atoms with E-state index >= 15 is 0 Å². The molecule has 1 aromatic carbocycles. The Kier molecular flexibility index (Phi) is 4.12. The van der Waals surface area contributed by atoms with Crippen LogP contribution in [0.3, 0.4) is 0 Å². The average molecular weight is 300 g/mol. The number of halogens is 2. The van der Waals surface area contributed by atoms with Gasteiger partial charge < -0.3 is 9.15 Å². The second-order valence-electron chi connectivity index (χ2n) is 3.78. The zero-order valence-corrected chi connectivity index (χ0v) is 11.9. The molecule has 0 fully saturated rings. The van der Waals surface area contributed by atoms with Gasteiger partial charge in [-0.1, -0.05) is 23.2 Å². The second kappa shape index (κ2) is 5.63. The second-order valence-corrected chi connectivity index (χ2v) is 4.62. The van der Waals surface area contributed by atoms with Gasteiger partial charge in [-0.3, -0.25) is 0 Å². The fourth-order valence-electron chi connectivity index (χ4n) is 1.56. The number of aryl methyl sites for hydroxylation is 1. The Morgan fingerprint density at radius 1 is 1.42 bits per heavy atom. The average Bonchev–Trinajstić information content (AvgIpc) is 2.71. The molecule has 0 saturated carbocycles. The van der Waals surface area contributed by atoms with E-state index in [0.717, 1.165) is 0 Å². The van der Waals surface area contributed by atoms with Crippen molar-refractivity contribution in [1.82, 2.24) is 4.98 Å². The zero-order chi connectivity index (χ0) is 14.0. The maximum absolute atomic E-state index is 11.6. The molecule has 0 atom stereocenters. The maximum Gasteiger partial charge on any atom is 0.376 e. The number of carbonyl (C=O) groups is 1. The molecule has 0 N–H and O–H groups in total. The lowest BCUT2D eigenvalue weighted by molar-refractivity contribution is 0.0490. The van der Waals surface area contributed by atoms with E-state index in [9.17, 15) is 4.79 Å². The molecule has 0 aliphatic heterocycles. The van der Waals surface area contributed by atoms with Crippen molar-refractivity contribution in [3.05, 3.63) is 39.7 Å². The first-order valence-electron chi connectivity index (χ1n) is 5.63. The Balaban J connectivity index is 2.42. The van der Waals surface area contributed by atoms with Crippen molar-refractivity contribution >= 4 is 29.2 Å². The molecule has 2 aromatic rings. The van der Waals surface area contributed by atoms with Crippen molar-refractivity contribution in [2.45, 2.75) is 13.8 Å². The first-order valence-corrected chi connectivity index (χ1v) is 6.38. The van der Waals surface area contributed by atoms with Gasteiger partial charge in [0.1, 0.15) is 0 Å². The molecule has 0 aliphatic carbocycles. The monoisotopic (exact) mass is 299 g/mol. The lowest BCUT2D eigenvalue weighted by Gasteiger charge is -2.00. The van der Waals surface area contributed by atoms with Crippen LogP contribution in [-0.2, 0) is 4.74 Å². The summed E-state index contributed by atoms with van der Waals surface area (Å²) in [5, 5.41) is 0.923. The van der Waals surface area contributed by atoms with Crippen LogP contribution in [0.5, 0.6) is 0 Å². The molecule has 0 amide bonds. The fraction of sp³-hybridized carbons (Fsp3) is 0.231. The highest BCUT2D eigenvalue weighted by molar-refractivity contribution is 6.36. The first kappa shape index (κ1) is 13.9. The van der Waals surface area contributed by atoms with Crippen LogP contribution in [0.4, 0.5) is 0 Å². The molecule has 0 saturated heterocycles. The normalized spacial score (nSPS) is 10.5. The van der Waals surface area contributed by atoms with Gasteiger partial charge in [0.05, 0.1) is 22.9 Å². The van der Waals surface area contributed by atoms with E-state index in [1.165, 1.54) is 0 Å². The number of rotatable bonds is 3. The summed E-state index contributed by atoms with van der Waals surface area (Å²) in [6.07, 6.45) is 0. The van der Waals surface area contributed by atoms with E-state index in [4.69, 9.17) is 32.4 Å². The number of oxazole rings is 1. The summed E-state index contributed by atoms with van der Waals surface area (Å²) in [4.78, 5) is 15.8. The van der Waals surface area contributed by atoms with Crippen molar-refractivity contribution in [1.29, 1.82) is 0 Å². The van der Waals surface area contributed by atoms with Crippen LogP contribution in [0.2, 0.25) is 10.0 Å². The minimum Gasteiger partial charge on any atom is -0.460 e. The van der Waals surface area contributed by atoms with Crippen molar-refractivity contribution in [2.24, 2.45) is 0 Å². The van der Waals surface area contributed by atoms with Crippen LogP contribution in [0.25, 0.3) is 11.5 Å². The minimum atomic E-state index is -0.538. The summed E-state index contributed by atoms with van der Waals surface area (Å²) in [5.41, 5.74) is 1.03. The Labute approximate surface area is 120 Å². The predicted octanol–water partition coefficient (Wildman–Crippen LogP) is 4.13. The molecule has 6 heteroatoms. The number of carbonyl (C=O) groups excluding carboxylic acids is 1. The maximum atomic E-state index is 11.6. The first-order chi connectivity index (χ1) is 9.02. The highest BCUT2D eigenvalue weighted by Gasteiger charge is 2.20. The molecule has 19 heavy (non-hydrogen) atoms. The molecule has 100 valence electrons. The van der Waals surface area contributed by atoms with Crippen molar-refractivity contribution in [3.63, 3.8) is 0 Å². The van der Waals surface area contributed by atoms with Crippen LogP contribution < -0.4 is 0 Å². The smallest absolute Gasteiger partial charge is 0.376 e. The molecule has 2 rings (SSSR count). The predicted molar refractivity (Wildman–Crippen MR) is 72.7 cm³/mol. The summed E-state index contributed by atoms with van der Waals surface area (Å²) >= 11 is 11.9. The highest BCUT2D eigenvalue weighted by Crippen LogP contribution is 2.31. The van der Waals surface area contributed by atoms with Gasteiger partial charge in [0.25, 0.3) is 0 Å². The third-order valence-corrected chi connectivity index (χ3v) is 2.97. The number of hydrogen-bond donors (Lipinski definition) is 0. The van der Waals surface area contributed by atoms with E-state index in [0.29, 0.717) is 21.3 Å². The van der Waals surface area contributed by atoms with Crippen molar-refractivity contribution < 1.29 is 13.9 Å². The summed E-state index contributed by atoms with van der Waals surface area (Å²) in [5.74, 6) is -0.186. The number of nitrogens with zero attached hydrogens (tertiary/aromatic N) is 1. The number of benzene rings is 1. The van der Waals surface area contributed by atoms with Crippen LogP contribution in [0.1, 0.15) is 23.2 Å². The van der Waals surface area contributed by atoms with Gasteiger partial charge in [-0.15, -0.1) is 0 Å². The largest absolute Gasteiger partial charge is 0.460 e. The lowest BCUT2D eigenvalue weighted by atomic mass is 10.2. The standard InChI is InChI=1S/C13H11Cl2NO3/c1-3-18-13(17)11-7(2)16-12(19-11)9-5-4-8(14)6-10(9)15/h4-6H,3H2,1-2H3. The Morgan fingerprint density at radius 2 is 2.16 bits per heavy atom. The molecule has 4 nitrogen and oxygen atoms in total. The quantitative estimate of drug-likeness (QED) is 0.800.